The van der Waals surface area contributed by atoms with Crippen LogP contribution in [0.25, 0.3) is 0 Å². The second-order valence-electron chi connectivity index (χ2n) is 4.71. The average Bonchev–Trinajstić information content (AvgIpc) is 2.42. The molecule has 0 spiro atoms. The van der Waals surface area contributed by atoms with Crippen LogP contribution in [0.1, 0.15) is 37.7 Å². The predicted octanol–water partition coefficient (Wildman–Crippen LogP) is 3.29. The van der Waals surface area contributed by atoms with Gasteiger partial charge in [-0.15, -0.1) is 0 Å². The fraction of sp³-hybridized carbons (Fsp3) is 0.462. The summed E-state index contributed by atoms with van der Waals surface area (Å²) in [6.07, 6.45) is 4.40. The predicted molar refractivity (Wildman–Crippen MR) is 75.6 cm³/mol. The Hall–Kier alpha value is -1.25. The molecule has 102 valence electrons. The third kappa shape index (κ3) is 3.40. The summed E-state index contributed by atoms with van der Waals surface area (Å²) in [6.45, 7) is 0. The van der Waals surface area contributed by atoms with Crippen LogP contribution in [0.15, 0.2) is 18.2 Å². The number of nitrogens with one attached hydrogen (secondary N) is 1. The highest BCUT2D eigenvalue weighted by atomic mass is 35.5. The molecule has 0 heterocycles. The van der Waals surface area contributed by atoms with Crippen molar-refractivity contribution in [3.8, 4) is 6.07 Å². The van der Waals surface area contributed by atoms with E-state index in [2.05, 4.69) is 4.72 Å². The molecule has 1 saturated carbocycles. The van der Waals surface area contributed by atoms with Crippen molar-refractivity contribution >= 4 is 27.3 Å². The van der Waals surface area contributed by atoms with E-state index in [1.54, 1.807) is 6.07 Å². The van der Waals surface area contributed by atoms with Crippen molar-refractivity contribution in [3.05, 3.63) is 28.8 Å². The number of nitriles is 1. The smallest absolute Gasteiger partial charge is 0.235 e. The topological polar surface area (TPSA) is 70.0 Å². The lowest BCUT2D eigenvalue weighted by atomic mass is 10.0. The maximum atomic E-state index is 12.2. The van der Waals surface area contributed by atoms with Gasteiger partial charge in [-0.1, -0.05) is 30.9 Å². The highest BCUT2D eigenvalue weighted by Gasteiger charge is 2.27. The van der Waals surface area contributed by atoms with E-state index in [0.717, 1.165) is 19.3 Å². The molecule has 1 aromatic carbocycles. The average molecular weight is 299 g/mol. The van der Waals surface area contributed by atoms with Crippen molar-refractivity contribution in [2.24, 2.45) is 0 Å². The van der Waals surface area contributed by atoms with Gasteiger partial charge in [0, 0.05) is 0 Å². The van der Waals surface area contributed by atoms with E-state index in [1.807, 2.05) is 6.07 Å². The Morgan fingerprint density at radius 2 is 1.95 bits per heavy atom. The quantitative estimate of drug-likeness (QED) is 0.931. The van der Waals surface area contributed by atoms with E-state index >= 15 is 0 Å². The molecular weight excluding hydrogens is 284 g/mol. The van der Waals surface area contributed by atoms with Gasteiger partial charge in [-0.25, -0.2) is 8.42 Å². The molecule has 1 aliphatic rings. The monoisotopic (exact) mass is 298 g/mol. The van der Waals surface area contributed by atoms with Gasteiger partial charge in [0.05, 0.1) is 27.6 Å². The number of halogens is 1. The lowest BCUT2D eigenvalue weighted by Crippen LogP contribution is -2.29. The van der Waals surface area contributed by atoms with Crippen LogP contribution in [0.5, 0.6) is 0 Å². The summed E-state index contributed by atoms with van der Waals surface area (Å²) in [5, 5.41) is 8.65. The third-order valence-electron chi connectivity index (χ3n) is 3.34. The molecule has 4 nitrogen and oxygen atoms in total. The minimum absolute atomic E-state index is 0.249. The maximum Gasteiger partial charge on any atom is 0.235 e. The van der Waals surface area contributed by atoms with E-state index in [1.165, 1.54) is 12.1 Å². The number of anilines is 1. The van der Waals surface area contributed by atoms with Crippen LogP contribution in [0, 0.1) is 11.3 Å². The zero-order valence-electron chi connectivity index (χ0n) is 10.4. The van der Waals surface area contributed by atoms with Crippen LogP contribution in [0.4, 0.5) is 5.69 Å². The first kappa shape index (κ1) is 14.2. The number of nitrogens with zero attached hydrogens (tertiary/aromatic N) is 1. The van der Waals surface area contributed by atoms with Crippen molar-refractivity contribution in [3.63, 3.8) is 0 Å². The van der Waals surface area contributed by atoms with E-state index in [0.29, 0.717) is 24.1 Å². The lowest BCUT2D eigenvalue weighted by Gasteiger charge is -2.22. The first-order chi connectivity index (χ1) is 9.03. The third-order valence-corrected chi connectivity index (χ3v) is 5.51. The Bertz CT molecular complexity index is 602. The maximum absolute atomic E-state index is 12.2. The highest BCUT2D eigenvalue weighted by Crippen LogP contribution is 2.28. The van der Waals surface area contributed by atoms with Crippen molar-refractivity contribution in [2.45, 2.75) is 37.4 Å². The van der Waals surface area contributed by atoms with Gasteiger partial charge >= 0.3 is 0 Å². The lowest BCUT2D eigenvalue weighted by molar-refractivity contribution is 0.486. The fourth-order valence-electron chi connectivity index (χ4n) is 2.28. The number of hydrogen-bond donors (Lipinski definition) is 1. The molecule has 1 aliphatic carbocycles. The summed E-state index contributed by atoms with van der Waals surface area (Å²) >= 11 is 5.98. The first-order valence-corrected chi connectivity index (χ1v) is 8.16. The van der Waals surface area contributed by atoms with Crippen LogP contribution >= 0.6 is 11.6 Å². The zero-order chi connectivity index (χ0) is 13.9. The summed E-state index contributed by atoms with van der Waals surface area (Å²) in [7, 11) is -3.40. The summed E-state index contributed by atoms with van der Waals surface area (Å²) in [5.41, 5.74) is 0.747. The molecule has 0 aromatic heterocycles. The number of rotatable bonds is 3. The van der Waals surface area contributed by atoms with Crippen LogP contribution in [-0.2, 0) is 10.0 Å². The molecular formula is C13H15ClN2O2S. The van der Waals surface area contributed by atoms with Crippen LogP contribution in [0.2, 0.25) is 5.02 Å². The van der Waals surface area contributed by atoms with Gasteiger partial charge in [0.15, 0.2) is 0 Å². The standard InChI is InChI=1S/C13H15ClN2O2S/c14-12-8-10(9-15)6-7-13(12)16-19(17,18)11-4-2-1-3-5-11/h6-8,11,16H,1-5H2. The minimum atomic E-state index is -3.40. The summed E-state index contributed by atoms with van der Waals surface area (Å²) < 4.78 is 27.0. The molecule has 0 radical (unpaired) electrons. The molecule has 19 heavy (non-hydrogen) atoms. The molecule has 1 aromatic rings. The normalized spacial score (nSPS) is 16.8. The van der Waals surface area contributed by atoms with Crippen molar-refractivity contribution in [2.75, 3.05) is 4.72 Å². The van der Waals surface area contributed by atoms with E-state index < -0.39 is 10.0 Å². The van der Waals surface area contributed by atoms with Gasteiger partial charge in [-0.2, -0.15) is 5.26 Å². The minimum Gasteiger partial charge on any atom is -0.282 e. The van der Waals surface area contributed by atoms with Gasteiger partial charge < -0.3 is 0 Å². The molecule has 1 fully saturated rings. The Kier molecular flexibility index (Phi) is 4.33. The molecule has 0 unspecified atom stereocenters. The van der Waals surface area contributed by atoms with Crippen LogP contribution in [-0.4, -0.2) is 13.7 Å². The van der Waals surface area contributed by atoms with Gasteiger partial charge in [-0.3, -0.25) is 4.72 Å². The molecule has 6 heteroatoms. The van der Waals surface area contributed by atoms with Crippen molar-refractivity contribution in [1.29, 1.82) is 5.26 Å². The number of hydrogen-bond acceptors (Lipinski definition) is 3. The molecule has 0 bridgehead atoms. The molecule has 0 aliphatic heterocycles. The summed E-state index contributed by atoms with van der Waals surface area (Å²) in [6, 6.07) is 6.49. The largest absolute Gasteiger partial charge is 0.282 e. The molecule has 1 N–H and O–H groups in total. The van der Waals surface area contributed by atoms with Gasteiger partial charge in [0.1, 0.15) is 0 Å². The van der Waals surface area contributed by atoms with Crippen molar-refractivity contribution in [1.82, 2.24) is 0 Å². The van der Waals surface area contributed by atoms with E-state index in [9.17, 15) is 8.42 Å². The molecule has 0 amide bonds. The van der Waals surface area contributed by atoms with Crippen molar-refractivity contribution < 1.29 is 8.42 Å². The fourth-order valence-corrected chi connectivity index (χ4v) is 4.17. The SMILES string of the molecule is N#Cc1ccc(NS(=O)(=O)C2CCCCC2)c(Cl)c1. The second-order valence-corrected chi connectivity index (χ2v) is 7.08. The number of sulfonamides is 1. The van der Waals surface area contributed by atoms with E-state index in [-0.39, 0.29) is 10.3 Å². The van der Waals surface area contributed by atoms with Crippen LogP contribution < -0.4 is 4.72 Å². The molecule has 0 atom stereocenters. The van der Waals surface area contributed by atoms with E-state index in [4.69, 9.17) is 16.9 Å². The second kappa shape index (κ2) is 5.81. The Morgan fingerprint density at radius 3 is 2.53 bits per heavy atom. The van der Waals surface area contributed by atoms with Crippen LogP contribution in [0.3, 0.4) is 0 Å². The first-order valence-electron chi connectivity index (χ1n) is 6.24. The molecule has 2 rings (SSSR count). The Balaban J connectivity index is 2.18. The summed E-state index contributed by atoms with van der Waals surface area (Å²) in [5.74, 6) is 0. The Labute approximate surface area is 118 Å². The zero-order valence-corrected chi connectivity index (χ0v) is 12.0. The highest BCUT2D eigenvalue weighted by molar-refractivity contribution is 7.93. The van der Waals surface area contributed by atoms with Gasteiger partial charge in [-0.05, 0) is 31.0 Å². The summed E-state index contributed by atoms with van der Waals surface area (Å²) in [4.78, 5) is 0. The van der Waals surface area contributed by atoms with Gasteiger partial charge in [0.25, 0.3) is 0 Å². The molecule has 0 saturated heterocycles. The van der Waals surface area contributed by atoms with Gasteiger partial charge in [0.2, 0.25) is 10.0 Å². The Morgan fingerprint density at radius 1 is 1.26 bits per heavy atom. The number of benzene rings is 1.